The second-order valence-electron chi connectivity index (χ2n) is 6.82. The van der Waals surface area contributed by atoms with E-state index >= 15 is 0 Å². The molecule has 0 spiro atoms. The smallest absolute Gasteiger partial charge is 0.240 e. The summed E-state index contributed by atoms with van der Waals surface area (Å²) in [7, 11) is 0. The number of nitrogens with two attached hydrogens (primary N) is 1. The Balaban J connectivity index is 1.75. The Labute approximate surface area is 164 Å². The highest BCUT2D eigenvalue weighted by Crippen LogP contribution is 2.16. The number of carbonyl (C=O) groups is 2. The summed E-state index contributed by atoms with van der Waals surface area (Å²) >= 11 is 0. The lowest BCUT2D eigenvalue weighted by molar-refractivity contribution is -0.129. The third-order valence-corrected chi connectivity index (χ3v) is 4.66. The van der Waals surface area contributed by atoms with Gasteiger partial charge in [0.15, 0.2) is 0 Å². The number of H-pyrrole nitrogens is 1. The Morgan fingerprint density at radius 1 is 0.929 bits per heavy atom. The fraction of sp³-hybridized carbons (Fsp3) is 0.227. The van der Waals surface area contributed by atoms with E-state index in [1.165, 1.54) is 6.33 Å². The first-order valence-corrected chi connectivity index (χ1v) is 9.26. The van der Waals surface area contributed by atoms with Crippen molar-refractivity contribution in [2.24, 2.45) is 11.7 Å². The van der Waals surface area contributed by atoms with E-state index in [0.717, 1.165) is 16.8 Å². The Kier molecular flexibility index (Phi) is 6.57. The second-order valence-corrected chi connectivity index (χ2v) is 6.82. The van der Waals surface area contributed by atoms with Crippen molar-refractivity contribution in [2.45, 2.75) is 25.3 Å². The first-order valence-electron chi connectivity index (χ1n) is 9.26. The van der Waals surface area contributed by atoms with Crippen molar-refractivity contribution in [2.75, 3.05) is 0 Å². The molecule has 0 saturated heterocycles. The van der Waals surface area contributed by atoms with Crippen molar-refractivity contribution in [3.63, 3.8) is 0 Å². The van der Waals surface area contributed by atoms with E-state index in [4.69, 9.17) is 5.73 Å². The predicted octanol–water partition coefficient (Wildman–Crippen LogP) is 2.02. The highest BCUT2D eigenvalue weighted by molar-refractivity contribution is 5.88. The molecule has 144 valence electrons. The van der Waals surface area contributed by atoms with Crippen molar-refractivity contribution in [1.82, 2.24) is 15.3 Å². The van der Waals surface area contributed by atoms with Gasteiger partial charge >= 0.3 is 0 Å². The minimum Gasteiger partial charge on any atom is -0.368 e. The number of benzene rings is 2. The zero-order valence-corrected chi connectivity index (χ0v) is 15.5. The van der Waals surface area contributed by atoms with Crippen LogP contribution in [0.1, 0.15) is 16.8 Å². The number of carbonyl (C=O) groups excluding carboxylic acids is 2. The fourth-order valence-electron chi connectivity index (χ4n) is 3.18. The number of imidazole rings is 1. The van der Waals surface area contributed by atoms with E-state index in [9.17, 15) is 9.59 Å². The number of aromatic amines is 1. The second kappa shape index (κ2) is 9.50. The third-order valence-electron chi connectivity index (χ3n) is 4.66. The maximum atomic E-state index is 13.1. The lowest BCUT2D eigenvalue weighted by Crippen LogP contribution is -2.48. The average molecular weight is 376 g/mol. The van der Waals surface area contributed by atoms with E-state index in [1.807, 2.05) is 60.7 Å². The summed E-state index contributed by atoms with van der Waals surface area (Å²) in [6, 6.07) is 18.9. The first-order chi connectivity index (χ1) is 13.6. The van der Waals surface area contributed by atoms with Crippen molar-refractivity contribution < 1.29 is 9.59 Å². The van der Waals surface area contributed by atoms with Gasteiger partial charge in [-0.3, -0.25) is 9.59 Å². The minimum atomic E-state index is -0.790. The molecule has 3 aromatic rings. The van der Waals surface area contributed by atoms with Gasteiger partial charge in [0, 0.05) is 24.2 Å². The molecule has 0 aliphatic heterocycles. The molecule has 0 saturated carbocycles. The molecule has 0 aliphatic rings. The van der Waals surface area contributed by atoms with Crippen LogP contribution in [0.5, 0.6) is 0 Å². The number of nitrogens with one attached hydrogen (secondary N) is 2. The number of aromatic nitrogens is 2. The molecule has 0 bridgehead atoms. The van der Waals surface area contributed by atoms with Gasteiger partial charge in [-0.15, -0.1) is 0 Å². The Hall–Kier alpha value is -3.41. The standard InChI is InChI=1S/C22H24N4O2/c23-21(27)20(13-19-14-24-15-25-19)26-22(28)18(11-16-7-3-1-4-8-16)12-17-9-5-2-6-10-17/h1-10,14-15,18,20H,11-13H2,(H2,23,27)(H,24,25)(H,26,28). The summed E-state index contributed by atoms with van der Waals surface area (Å²) in [5.41, 5.74) is 8.41. The van der Waals surface area contributed by atoms with E-state index in [2.05, 4.69) is 15.3 Å². The largest absolute Gasteiger partial charge is 0.368 e. The van der Waals surface area contributed by atoms with Gasteiger partial charge in [-0.05, 0) is 24.0 Å². The lowest BCUT2D eigenvalue weighted by atomic mass is 9.91. The van der Waals surface area contributed by atoms with Gasteiger partial charge in [-0.25, -0.2) is 4.98 Å². The zero-order valence-electron chi connectivity index (χ0n) is 15.5. The molecule has 0 radical (unpaired) electrons. The van der Waals surface area contributed by atoms with Crippen LogP contribution < -0.4 is 11.1 Å². The maximum Gasteiger partial charge on any atom is 0.240 e. The van der Waals surface area contributed by atoms with Gasteiger partial charge < -0.3 is 16.0 Å². The van der Waals surface area contributed by atoms with Gasteiger partial charge in [0.1, 0.15) is 6.04 Å². The molecule has 4 N–H and O–H groups in total. The molecule has 1 atom stereocenters. The number of hydrogen-bond donors (Lipinski definition) is 3. The summed E-state index contributed by atoms with van der Waals surface area (Å²) in [5, 5.41) is 2.83. The zero-order chi connectivity index (χ0) is 19.8. The van der Waals surface area contributed by atoms with Crippen LogP contribution in [0.3, 0.4) is 0 Å². The number of amides is 2. The van der Waals surface area contributed by atoms with Crippen LogP contribution in [0.2, 0.25) is 0 Å². The van der Waals surface area contributed by atoms with Gasteiger partial charge in [0.05, 0.1) is 6.33 Å². The molecular formula is C22H24N4O2. The van der Waals surface area contributed by atoms with E-state index < -0.39 is 11.9 Å². The average Bonchev–Trinajstić information content (AvgIpc) is 3.21. The summed E-state index contributed by atoms with van der Waals surface area (Å²) in [6.07, 6.45) is 4.59. The van der Waals surface area contributed by atoms with Crippen LogP contribution in [0.25, 0.3) is 0 Å². The molecule has 28 heavy (non-hydrogen) atoms. The lowest BCUT2D eigenvalue weighted by Gasteiger charge is -2.21. The number of rotatable bonds is 9. The molecule has 2 amide bonds. The molecule has 1 aromatic heterocycles. The first kappa shape index (κ1) is 19.4. The Morgan fingerprint density at radius 3 is 1.96 bits per heavy atom. The maximum absolute atomic E-state index is 13.1. The third kappa shape index (κ3) is 5.54. The van der Waals surface area contributed by atoms with Crippen LogP contribution in [0.4, 0.5) is 0 Å². The molecule has 0 aliphatic carbocycles. The highest BCUT2D eigenvalue weighted by Gasteiger charge is 2.25. The summed E-state index contributed by atoms with van der Waals surface area (Å²) in [6.45, 7) is 0. The highest BCUT2D eigenvalue weighted by atomic mass is 16.2. The van der Waals surface area contributed by atoms with Gasteiger partial charge in [0.25, 0.3) is 0 Å². The van der Waals surface area contributed by atoms with E-state index in [1.54, 1.807) is 6.20 Å². The van der Waals surface area contributed by atoms with Gasteiger partial charge in [-0.2, -0.15) is 0 Å². The van der Waals surface area contributed by atoms with Gasteiger partial charge in [-0.1, -0.05) is 60.7 Å². The summed E-state index contributed by atoms with van der Waals surface area (Å²) in [5.74, 6) is -1.06. The van der Waals surface area contributed by atoms with E-state index in [-0.39, 0.29) is 18.2 Å². The van der Waals surface area contributed by atoms with Crippen molar-refractivity contribution in [3.05, 3.63) is 90.0 Å². The molecule has 1 unspecified atom stereocenters. The summed E-state index contributed by atoms with van der Waals surface area (Å²) in [4.78, 5) is 31.8. The SMILES string of the molecule is NC(=O)C(Cc1cnc[nH]1)NC(=O)C(Cc1ccccc1)Cc1ccccc1. The number of nitrogens with zero attached hydrogens (tertiary/aromatic N) is 1. The topological polar surface area (TPSA) is 101 Å². The van der Waals surface area contributed by atoms with Crippen LogP contribution in [0.15, 0.2) is 73.2 Å². The minimum absolute atomic E-state index is 0.184. The van der Waals surface area contributed by atoms with Crippen LogP contribution in [0, 0.1) is 5.92 Å². The van der Waals surface area contributed by atoms with E-state index in [0.29, 0.717) is 12.8 Å². The van der Waals surface area contributed by atoms with Gasteiger partial charge in [0.2, 0.25) is 11.8 Å². The van der Waals surface area contributed by atoms with Crippen molar-refractivity contribution >= 4 is 11.8 Å². The number of primary amides is 1. The van der Waals surface area contributed by atoms with Crippen molar-refractivity contribution in [3.8, 4) is 0 Å². The van der Waals surface area contributed by atoms with Crippen LogP contribution >= 0.6 is 0 Å². The quantitative estimate of drug-likeness (QED) is 0.532. The summed E-state index contributed by atoms with van der Waals surface area (Å²) < 4.78 is 0. The molecular weight excluding hydrogens is 352 g/mol. The molecule has 2 aromatic carbocycles. The van der Waals surface area contributed by atoms with Crippen LogP contribution in [-0.2, 0) is 28.9 Å². The monoisotopic (exact) mass is 376 g/mol. The molecule has 6 nitrogen and oxygen atoms in total. The molecule has 6 heteroatoms. The molecule has 3 rings (SSSR count). The Morgan fingerprint density at radius 2 is 1.50 bits per heavy atom. The van der Waals surface area contributed by atoms with Crippen LogP contribution in [-0.4, -0.2) is 27.8 Å². The fourth-order valence-corrected chi connectivity index (χ4v) is 3.18. The normalized spacial score (nSPS) is 11.9. The predicted molar refractivity (Wildman–Crippen MR) is 107 cm³/mol. The molecule has 1 heterocycles. The Bertz CT molecular complexity index is 838. The molecule has 0 fully saturated rings. The van der Waals surface area contributed by atoms with Crippen molar-refractivity contribution in [1.29, 1.82) is 0 Å². The number of hydrogen-bond acceptors (Lipinski definition) is 3.